The molecule has 1 amide bonds. The van der Waals surface area contributed by atoms with Gasteiger partial charge in [-0.15, -0.1) is 0 Å². The summed E-state index contributed by atoms with van der Waals surface area (Å²) in [7, 11) is 0. The fourth-order valence-corrected chi connectivity index (χ4v) is 3.60. The number of amides is 1. The second-order valence-corrected chi connectivity index (χ2v) is 7.33. The fourth-order valence-electron chi connectivity index (χ4n) is 3.60. The number of benzene rings is 2. The van der Waals surface area contributed by atoms with Crippen LogP contribution in [0.3, 0.4) is 0 Å². The van der Waals surface area contributed by atoms with Crippen molar-refractivity contribution in [2.75, 3.05) is 11.4 Å². The van der Waals surface area contributed by atoms with Crippen molar-refractivity contribution < 1.29 is 9.32 Å². The van der Waals surface area contributed by atoms with Crippen LogP contribution in [0.15, 0.2) is 53.1 Å². The van der Waals surface area contributed by atoms with Crippen LogP contribution < -0.4 is 10.2 Å². The van der Waals surface area contributed by atoms with Crippen molar-refractivity contribution in [3.05, 3.63) is 65.5 Å². The number of hydrogen-bond acceptors (Lipinski definition) is 5. The predicted molar refractivity (Wildman–Crippen MR) is 108 cm³/mol. The summed E-state index contributed by atoms with van der Waals surface area (Å²) in [4.78, 5) is 19.3. The number of carbonyl (C=O) groups is 1. The number of nitrogens with one attached hydrogen (secondary N) is 1. The van der Waals surface area contributed by atoms with E-state index >= 15 is 0 Å². The number of hydrogen-bond donors (Lipinski definition) is 1. The van der Waals surface area contributed by atoms with Crippen molar-refractivity contribution in [3.63, 3.8) is 0 Å². The molecular weight excluding hydrogens is 352 g/mol. The zero-order chi connectivity index (χ0) is 19.5. The van der Waals surface area contributed by atoms with Crippen molar-refractivity contribution in [2.45, 2.75) is 39.3 Å². The molecule has 0 spiro atoms. The number of carbonyl (C=O) groups excluding carboxylic acids is 1. The minimum atomic E-state index is -0.0159. The fraction of sp³-hybridized carbons (Fsp3) is 0.318. The summed E-state index contributed by atoms with van der Waals surface area (Å²) in [6.07, 6.45) is 1.88. The maximum absolute atomic E-state index is 12.6. The highest BCUT2D eigenvalue weighted by Crippen LogP contribution is 2.31. The van der Waals surface area contributed by atoms with Crippen molar-refractivity contribution in [1.82, 2.24) is 15.5 Å². The Morgan fingerprint density at radius 2 is 2.00 bits per heavy atom. The van der Waals surface area contributed by atoms with E-state index < -0.39 is 0 Å². The second-order valence-electron chi connectivity index (χ2n) is 7.33. The molecule has 0 aliphatic carbocycles. The number of anilines is 1. The van der Waals surface area contributed by atoms with Gasteiger partial charge in [-0.1, -0.05) is 41.6 Å². The molecule has 1 N–H and O–H groups in total. The van der Waals surface area contributed by atoms with Gasteiger partial charge in [0, 0.05) is 29.4 Å². The van der Waals surface area contributed by atoms with E-state index in [0.29, 0.717) is 18.3 Å². The molecular formula is C22H24N4O2. The first kappa shape index (κ1) is 18.2. The Morgan fingerprint density at radius 3 is 2.79 bits per heavy atom. The van der Waals surface area contributed by atoms with Crippen LogP contribution in [0.25, 0.3) is 11.4 Å². The summed E-state index contributed by atoms with van der Waals surface area (Å²) >= 11 is 0. The molecule has 144 valence electrons. The first-order valence-electron chi connectivity index (χ1n) is 9.67. The standard InChI is InChI=1S/C22H24N4O2/c1-15(2)23-22(27)18-10-6-12-19-17(18)11-7-13-26(19)14-20-24-21(25-28-20)16-8-4-3-5-9-16/h3-6,8-10,12,15H,7,11,13-14H2,1-2H3,(H,23,27). The molecule has 1 aliphatic rings. The first-order chi connectivity index (χ1) is 13.6. The van der Waals surface area contributed by atoms with Crippen LogP contribution in [0.4, 0.5) is 5.69 Å². The zero-order valence-electron chi connectivity index (χ0n) is 16.2. The lowest BCUT2D eigenvalue weighted by atomic mass is 9.95. The molecule has 4 rings (SSSR count). The van der Waals surface area contributed by atoms with Gasteiger partial charge in [-0.3, -0.25) is 4.79 Å². The Hall–Kier alpha value is -3.15. The minimum absolute atomic E-state index is 0.0159. The van der Waals surface area contributed by atoms with Gasteiger partial charge in [0.2, 0.25) is 11.7 Å². The molecule has 1 aliphatic heterocycles. The normalized spacial score (nSPS) is 13.5. The van der Waals surface area contributed by atoms with Crippen molar-refractivity contribution >= 4 is 11.6 Å². The van der Waals surface area contributed by atoms with E-state index in [-0.39, 0.29) is 11.9 Å². The molecule has 28 heavy (non-hydrogen) atoms. The molecule has 0 saturated carbocycles. The van der Waals surface area contributed by atoms with Gasteiger partial charge in [0.1, 0.15) is 0 Å². The second kappa shape index (κ2) is 7.84. The predicted octanol–water partition coefficient (Wildman–Crippen LogP) is 3.83. The lowest BCUT2D eigenvalue weighted by Crippen LogP contribution is -2.34. The smallest absolute Gasteiger partial charge is 0.251 e. The van der Waals surface area contributed by atoms with Crippen LogP contribution >= 0.6 is 0 Å². The van der Waals surface area contributed by atoms with Gasteiger partial charge in [0.05, 0.1) is 6.54 Å². The van der Waals surface area contributed by atoms with Gasteiger partial charge in [-0.2, -0.15) is 4.98 Å². The van der Waals surface area contributed by atoms with Gasteiger partial charge >= 0.3 is 0 Å². The van der Waals surface area contributed by atoms with E-state index in [9.17, 15) is 4.79 Å². The van der Waals surface area contributed by atoms with Crippen LogP contribution in [0.5, 0.6) is 0 Å². The Labute approximate surface area is 164 Å². The van der Waals surface area contributed by atoms with E-state index in [0.717, 1.165) is 41.8 Å². The number of fused-ring (bicyclic) bond motifs is 1. The molecule has 1 aromatic heterocycles. The Balaban J connectivity index is 1.57. The van der Waals surface area contributed by atoms with E-state index in [1.165, 1.54) is 0 Å². The van der Waals surface area contributed by atoms with Crippen LogP contribution in [0.2, 0.25) is 0 Å². The maximum Gasteiger partial charge on any atom is 0.251 e. The maximum atomic E-state index is 12.6. The topological polar surface area (TPSA) is 71.3 Å². The molecule has 0 radical (unpaired) electrons. The van der Waals surface area contributed by atoms with E-state index in [4.69, 9.17) is 4.52 Å². The molecule has 6 heteroatoms. The van der Waals surface area contributed by atoms with E-state index in [1.807, 2.05) is 56.3 Å². The van der Waals surface area contributed by atoms with Crippen LogP contribution in [-0.4, -0.2) is 28.6 Å². The minimum Gasteiger partial charge on any atom is -0.362 e. The lowest BCUT2D eigenvalue weighted by Gasteiger charge is -2.31. The molecule has 2 heterocycles. The van der Waals surface area contributed by atoms with Crippen LogP contribution in [-0.2, 0) is 13.0 Å². The number of nitrogens with zero attached hydrogens (tertiary/aromatic N) is 3. The lowest BCUT2D eigenvalue weighted by molar-refractivity contribution is 0.0942. The summed E-state index contributed by atoms with van der Waals surface area (Å²) in [6, 6.07) is 15.8. The third-order valence-corrected chi connectivity index (χ3v) is 4.84. The average molecular weight is 376 g/mol. The van der Waals surface area contributed by atoms with E-state index in [1.54, 1.807) is 0 Å². The Bertz CT molecular complexity index is 966. The van der Waals surface area contributed by atoms with Crippen molar-refractivity contribution in [2.24, 2.45) is 0 Å². The van der Waals surface area contributed by atoms with Gasteiger partial charge < -0.3 is 14.7 Å². The summed E-state index contributed by atoms with van der Waals surface area (Å²) in [5, 5.41) is 7.11. The highest BCUT2D eigenvalue weighted by Gasteiger charge is 2.24. The quantitative estimate of drug-likeness (QED) is 0.733. The highest BCUT2D eigenvalue weighted by atomic mass is 16.5. The van der Waals surface area contributed by atoms with Gasteiger partial charge in [0.15, 0.2) is 0 Å². The first-order valence-corrected chi connectivity index (χ1v) is 9.67. The molecule has 3 aromatic rings. The molecule has 6 nitrogen and oxygen atoms in total. The zero-order valence-corrected chi connectivity index (χ0v) is 16.2. The highest BCUT2D eigenvalue weighted by molar-refractivity contribution is 5.97. The van der Waals surface area contributed by atoms with Crippen LogP contribution in [0.1, 0.15) is 42.1 Å². The van der Waals surface area contributed by atoms with Gasteiger partial charge in [0.25, 0.3) is 5.91 Å². The Kier molecular flexibility index (Phi) is 5.10. The molecule has 0 atom stereocenters. The number of aromatic nitrogens is 2. The van der Waals surface area contributed by atoms with Crippen LogP contribution in [0, 0.1) is 0 Å². The third kappa shape index (κ3) is 3.76. The number of rotatable bonds is 5. The van der Waals surface area contributed by atoms with Crippen molar-refractivity contribution in [3.8, 4) is 11.4 Å². The van der Waals surface area contributed by atoms with E-state index in [2.05, 4.69) is 26.4 Å². The van der Waals surface area contributed by atoms with Gasteiger partial charge in [-0.05, 0) is 44.4 Å². The summed E-state index contributed by atoms with van der Waals surface area (Å²) in [5.74, 6) is 1.15. The Morgan fingerprint density at radius 1 is 1.18 bits per heavy atom. The molecule has 0 bridgehead atoms. The summed E-state index contributed by atoms with van der Waals surface area (Å²) in [6.45, 7) is 5.37. The summed E-state index contributed by atoms with van der Waals surface area (Å²) < 4.78 is 5.49. The average Bonchev–Trinajstić information content (AvgIpc) is 3.16. The molecule has 0 fully saturated rings. The van der Waals surface area contributed by atoms with Crippen molar-refractivity contribution in [1.29, 1.82) is 0 Å². The third-order valence-electron chi connectivity index (χ3n) is 4.84. The van der Waals surface area contributed by atoms with Gasteiger partial charge in [-0.25, -0.2) is 0 Å². The molecule has 0 saturated heterocycles. The largest absolute Gasteiger partial charge is 0.362 e. The summed E-state index contributed by atoms with van der Waals surface area (Å²) in [5.41, 5.74) is 3.85. The molecule has 0 unspecified atom stereocenters. The molecule has 2 aromatic carbocycles. The monoisotopic (exact) mass is 376 g/mol. The SMILES string of the molecule is CC(C)NC(=O)c1cccc2c1CCCN2Cc1nc(-c2ccccc2)no1.